The summed E-state index contributed by atoms with van der Waals surface area (Å²) in [5.41, 5.74) is 1.83. The molecule has 1 aromatic carbocycles. The fourth-order valence-electron chi connectivity index (χ4n) is 2.65. The maximum Gasteiger partial charge on any atom is 0.128 e. The van der Waals surface area contributed by atoms with E-state index in [-0.39, 0.29) is 5.82 Å². The highest BCUT2D eigenvalue weighted by Crippen LogP contribution is 2.25. The average Bonchev–Trinajstić information content (AvgIpc) is 2.40. The molecule has 1 heterocycles. The number of hydrogen-bond donors (Lipinski definition) is 1. The molecule has 1 N–H and O–H groups in total. The van der Waals surface area contributed by atoms with Gasteiger partial charge in [-0.05, 0) is 44.9 Å². The van der Waals surface area contributed by atoms with E-state index in [1.807, 2.05) is 13.0 Å². The molecule has 1 aromatic rings. The van der Waals surface area contributed by atoms with Crippen molar-refractivity contribution >= 4 is 5.69 Å². The van der Waals surface area contributed by atoms with Crippen LogP contribution in [0, 0.1) is 12.7 Å². The van der Waals surface area contributed by atoms with Crippen LogP contribution >= 0.6 is 0 Å². The highest BCUT2D eigenvalue weighted by Gasteiger charge is 2.21. The third-order valence-corrected chi connectivity index (χ3v) is 3.68. The number of nitrogens with zero attached hydrogens (tertiary/aromatic N) is 1. The Morgan fingerprint density at radius 1 is 1.44 bits per heavy atom. The van der Waals surface area contributed by atoms with Crippen molar-refractivity contribution in [3.63, 3.8) is 0 Å². The molecule has 1 aliphatic rings. The first-order chi connectivity index (χ1) is 8.72. The van der Waals surface area contributed by atoms with E-state index in [1.165, 1.54) is 18.9 Å². The topological polar surface area (TPSA) is 15.3 Å². The molecule has 0 aliphatic carbocycles. The van der Waals surface area contributed by atoms with Crippen LogP contribution in [0.2, 0.25) is 0 Å². The number of rotatable bonds is 4. The van der Waals surface area contributed by atoms with Crippen LogP contribution in [0.25, 0.3) is 0 Å². The first-order valence-electron chi connectivity index (χ1n) is 6.95. The predicted molar refractivity (Wildman–Crippen MR) is 74.7 cm³/mol. The minimum Gasteiger partial charge on any atom is -0.370 e. The van der Waals surface area contributed by atoms with E-state index in [9.17, 15) is 4.39 Å². The molecule has 1 atom stereocenters. The molecule has 1 fully saturated rings. The van der Waals surface area contributed by atoms with E-state index < -0.39 is 0 Å². The fourth-order valence-corrected chi connectivity index (χ4v) is 2.65. The summed E-state index contributed by atoms with van der Waals surface area (Å²) < 4.78 is 13.6. The summed E-state index contributed by atoms with van der Waals surface area (Å²) in [4.78, 5) is 2.31. The molecule has 3 heteroatoms. The summed E-state index contributed by atoms with van der Waals surface area (Å²) in [6.07, 6.45) is 3.57. The van der Waals surface area contributed by atoms with Crippen molar-refractivity contribution in [3.05, 3.63) is 29.6 Å². The molecule has 1 aliphatic heterocycles. The Kier molecular flexibility index (Phi) is 4.59. The van der Waals surface area contributed by atoms with E-state index >= 15 is 0 Å². The molecule has 2 rings (SSSR count). The number of anilines is 1. The molecular weight excluding hydrogens is 227 g/mol. The molecule has 0 bridgehead atoms. The van der Waals surface area contributed by atoms with Crippen molar-refractivity contribution in [2.45, 2.75) is 39.2 Å². The molecule has 0 radical (unpaired) electrons. The van der Waals surface area contributed by atoms with Gasteiger partial charge in [-0.1, -0.05) is 13.0 Å². The van der Waals surface area contributed by atoms with Gasteiger partial charge in [0.15, 0.2) is 0 Å². The lowest BCUT2D eigenvalue weighted by Crippen LogP contribution is -2.46. The van der Waals surface area contributed by atoms with Gasteiger partial charge in [-0.3, -0.25) is 0 Å². The first-order valence-corrected chi connectivity index (χ1v) is 6.95. The summed E-state index contributed by atoms with van der Waals surface area (Å²) >= 11 is 0. The van der Waals surface area contributed by atoms with Crippen molar-refractivity contribution in [2.24, 2.45) is 0 Å². The van der Waals surface area contributed by atoms with Gasteiger partial charge in [0, 0.05) is 30.4 Å². The highest BCUT2D eigenvalue weighted by molar-refractivity contribution is 5.54. The quantitative estimate of drug-likeness (QED) is 0.883. The third kappa shape index (κ3) is 3.02. The van der Waals surface area contributed by atoms with Crippen molar-refractivity contribution in [2.75, 3.05) is 24.5 Å². The van der Waals surface area contributed by atoms with Crippen LogP contribution in [0.3, 0.4) is 0 Å². The lowest BCUT2D eigenvalue weighted by atomic mass is 10.0. The number of benzene rings is 1. The Balaban J connectivity index is 2.06. The Morgan fingerprint density at radius 3 is 3.06 bits per heavy atom. The van der Waals surface area contributed by atoms with E-state index in [2.05, 4.69) is 17.1 Å². The third-order valence-electron chi connectivity index (χ3n) is 3.68. The second kappa shape index (κ2) is 6.19. The minimum absolute atomic E-state index is 0.101. The van der Waals surface area contributed by atoms with Gasteiger partial charge in [0.25, 0.3) is 0 Å². The number of nitrogens with one attached hydrogen (secondary N) is 1. The molecule has 0 amide bonds. The van der Waals surface area contributed by atoms with Crippen molar-refractivity contribution < 1.29 is 4.39 Å². The van der Waals surface area contributed by atoms with E-state index in [1.54, 1.807) is 6.07 Å². The van der Waals surface area contributed by atoms with Crippen LogP contribution in [0.15, 0.2) is 18.2 Å². The van der Waals surface area contributed by atoms with E-state index in [4.69, 9.17) is 0 Å². The minimum atomic E-state index is -0.101. The molecule has 0 spiro atoms. The van der Waals surface area contributed by atoms with Gasteiger partial charge in [-0.2, -0.15) is 0 Å². The van der Waals surface area contributed by atoms with Gasteiger partial charge >= 0.3 is 0 Å². The Hall–Kier alpha value is -1.09. The van der Waals surface area contributed by atoms with Gasteiger partial charge in [-0.15, -0.1) is 0 Å². The molecule has 2 nitrogen and oxygen atoms in total. The summed E-state index contributed by atoms with van der Waals surface area (Å²) in [6, 6.07) is 5.91. The Labute approximate surface area is 109 Å². The van der Waals surface area contributed by atoms with Gasteiger partial charge < -0.3 is 10.2 Å². The average molecular weight is 250 g/mol. The van der Waals surface area contributed by atoms with Crippen molar-refractivity contribution in [1.82, 2.24) is 5.32 Å². The highest BCUT2D eigenvalue weighted by atomic mass is 19.1. The molecule has 1 saturated heterocycles. The zero-order chi connectivity index (χ0) is 13.0. The second-order valence-electron chi connectivity index (χ2n) is 5.12. The number of halogens is 1. The lowest BCUT2D eigenvalue weighted by molar-refractivity contribution is 0.422. The molecule has 0 aromatic heterocycles. The van der Waals surface area contributed by atoms with Gasteiger partial charge in [0.1, 0.15) is 5.82 Å². The van der Waals surface area contributed by atoms with Gasteiger partial charge in [0.05, 0.1) is 0 Å². The van der Waals surface area contributed by atoms with Crippen LogP contribution in [0.1, 0.15) is 31.7 Å². The fraction of sp³-hybridized carbons (Fsp3) is 0.600. The molecular formula is C15H23FN2. The van der Waals surface area contributed by atoms with E-state index in [0.29, 0.717) is 6.04 Å². The summed E-state index contributed by atoms with van der Waals surface area (Å²) in [5, 5.41) is 3.57. The Morgan fingerprint density at radius 2 is 2.28 bits per heavy atom. The zero-order valence-corrected chi connectivity index (χ0v) is 11.4. The molecule has 0 saturated carbocycles. The maximum atomic E-state index is 13.6. The monoisotopic (exact) mass is 250 g/mol. The molecule has 100 valence electrons. The summed E-state index contributed by atoms with van der Waals surface area (Å²) in [6.45, 7) is 7.15. The number of piperidine rings is 1. The van der Waals surface area contributed by atoms with Crippen LogP contribution < -0.4 is 10.2 Å². The smallest absolute Gasteiger partial charge is 0.128 e. The first kappa shape index (κ1) is 13.3. The van der Waals surface area contributed by atoms with Gasteiger partial charge in [0.2, 0.25) is 0 Å². The van der Waals surface area contributed by atoms with Crippen LogP contribution in [0.4, 0.5) is 10.1 Å². The largest absolute Gasteiger partial charge is 0.370 e. The summed E-state index contributed by atoms with van der Waals surface area (Å²) in [5.74, 6) is -0.101. The Bertz CT molecular complexity index is 392. The van der Waals surface area contributed by atoms with Crippen LogP contribution in [0.5, 0.6) is 0 Å². The normalized spacial score (nSPS) is 20.2. The van der Waals surface area contributed by atoms with Gasteiger partial charge in [-0.25, -0.2) is 4.39 Å². The lowest BCUT2D eigenvalue weighted by Gasteiger charge is -2.35. The van der Waals surface area contributed by atoms with Crippen molar-refractivity contribution in [3.8, 4) is 0 Å². The van der Waals surface area contributed by atoms with Crippen molar-refractivity contribution in [1.29, 1.82) is 0 Å². The van der Waals surface area contributed by atoms with E-state index in [0.717, 1.165) is 37.3 Å². The molecule has 1 unspecified atom stereocenters. The SMILES string of the molecule is CCCNC1CCCN(c2cccc(F)c2C)C1. The summed E-state index contributed by atoms with van der Waals surface area (Å²) in [7, 11) is 0. The molecule has 18 heavy (non-hydrogen) atoms. The zero-order valence-electron chi connectivity index (χ0n) is 11.4. The predicted octanol–water partition coefficient (Wildman–Crippen LogP) is 3.10. The maximum absolute atomic E-state index is 13.6. The van der Waals surface area contributed by atoms with Crippen LogP contribution in [-0.4, -0.2) is 25.7 Å². The second-order valence-corrected chi connectivity index (χ2v) is 5.12. The number of hydrogen-bond acceptors (Lipinski definition) is 2. The standard InChI is InChI=1S/C15H23FN2/c1-3-9-17-13-6-5-10-18(11-13)15-8-4-7-14(16)12(15)2/h4,7-8,13,17H,3,5-6,9-11H2,1-2H3. The van der Waals surface area contributed by atoms with Crippen LogP contribution in [-0.2, 0) is 0 Å².